The van der Waals surface area contributed by atoms with Gasteiger partial charge in [0.2, 0.25) is 5.91 Å². The van der Waals surface area contributed by atoms with Crippen LogP contribution in [0.2, 0.25) is 4.34 Å². The van der Waals surface area contributed by atoms with Gasteiger partial charge in [-0.05, 0) is 68.1 Å². The van der Waals surface area contributed by atoms with E-state index in [9.17, 15) is 13.2 Å². The van der Waals surface area contributed by atoms with E-state index >= 15 is 0 Å². The first-order valence-corrected chi connectivity index (χ1v) is 15.0. The van der Waals surface area contributed by atoms with Crippen molar-refractivity contribution in [2.24, 2.45) is 5.92 Å². The zero-order chi connectivity index (χ0) is 25.4. The van der Waals surface area contributed by atoms with Gasteiger partial charge in [-0.3, -0.25) is 14.7 Å². The molecule has 0 saturated carbocycles. The van der Waals surface area contributed by atoms with E-state index in [1.54, 1.807) is 17.2 Å². The fraction of sp³-hybridized carbons (Fsp3) is 0.320. The number of hydrogen-bond acceptors (Lipinski definition) is 7. The number of thiazole rings is 1. The Morgan fingerprint density at radius 3 is 2.56 bits per heavy atom. The molecule has 0 aliphatic carbocycles. The van der Waals surface area contributed by atoms with E-state index in [-0.39, 0.29) is 29.1 Å². The summed E-state index contributed by atoms with van der Waals surface area (Å²) < 4.78 is 29.1. The molecular formula is C25H25ClN4O3S3. The lowest BCUT2D eigenvalue weighted by Gasteiger charge is -2.32. The van der Waals surface area contributed by atoms with Gasteiger partial charge in [-0.2, -0.15) is 4.31 Å². The van der Waals surface area contributed by atoms with Crippen molar-refractivity contribution >= 4 is 65.6 Å². The molecule has 7 nitrogen and oxygen atoms in total. The highest BCUT2D eigenvalue weighted by Crippen LogP contribution is 2.35. The molecule has 36 heavy (non-hydrogen) atoms. The number of aryl methyl sites for hydroxylation is 2. The van der Waals surface area contributed by atoms with E-state index in [1.807, 2.05) is 31.2 Å². The molecular weight excluding hydrogens is 536 g/mol. The second-order valence-corrected chi connectivity index (χ2v) is 13.7. The van der Waals surface area contributed by atoms with Gasteiger partial charge in [-0.1, -0.05) is 35.1 Å². The third kappa shape index (κ3) is 4.92. The minimum absolute atomic E-state index is 0.0506. The highest BCUT2D eigenvalue weighted by atomic mass is 35.5. The molecule has 0 spiro atoms. The van der Waals surface area contributed by atoms with Crippen LogP contribution in [0.15, 0.2) is 52.9 Å². The van der Waals surface area contributed by atoms with Crippen molar-refractivity contribution in [1.82, 2.24) is 14.3 Å². The number of fused-ring (bicyclic) bond motifs is 1. The van der Waals surface area contributed by atoms with Gasteiger partial charge in [-0.15, -0.1) is 11.3 Å². The van der Waals surface area contributed by atoms with Crippen LogP contribution in [0, 0.1) is 19.8 Å². The van der Waals surface area contributed by atoms with E-state index in [1.165, 1.54) is 21.7 Å². The monoisotopic (exact) mass is 560 g/mol. The molecule has 1 fully saturated rings. The number of hydrogen-bond donors (Lipinski definition) is 0. The summed E-state index contributed by atoms with van der Waals surface area (Å²) in [4.78, 5) is 24.8. The zero-order valence-corrected chi connectivity index (χ0v) is 23.1. The molecule has 5 rings (SSSR count). The lowest BCUT2D eigenvalue weighted by atomic mass is 9.96. The van der Waals surface area contributed by atoms with Crippen molar-refractivity contribution in [2.45, 2.75) is 37.4 Å². The highest BCUT2D eigenvalue weighted by molar-refractivity contribution is 7.91. The first kappa shape index (κ1) is 25.3. The number of nitrogens with zero attached hydrogens (tertiary/aromatic N) is 4. The molecule has 1 aromatic carbocycles. The van der Waals surface area contributed by atoms with E-state index < -0.39 is 10.0 Å². The number of piperidine rings is 1. The summed E-state index contributed by atoms with van der Waals surface area (Å²) in [5, 5.41) is 0.637. The van der Waals surface area contributed by atoms with Crippen molar-refractivity contribution in [1.29, 1.82) is 0 Å². The standard InChI is InChI=1S/C25H25ClN4O3S3/c1-16-6-7-20-23(17(16)2)28-25(34-20)30(15-19-5-3-4-12-27-19)24(31)18-10-13-29(14-11-18)36(32,33)22-9-8-21(26)35-22/h3-9,12,18H,10-11,13-15H2,1-2H3. The van der Waals surface area contributed by atoms with Gasteiger partial charge in [0.25, 0.3) is 10.0 Å². The summed E-state index contributed by atoms with van der Waals surface area (Å²) in [6.45, 7) is 4.97. The van der Waals surface area contributed by atoms with Gasteiger partial charge in [0.15, 0.2) is 5.13 Å². The molecule has 11 heteroatoms. The van der Waals surface area contributed by atoms with Crippen LogP contribution >= 0.6 is 34.3 Å². The molecule has 3 aromatic heterocycles. The Labute approximate surface area is 223 Å². The van der Waals surface area contributed by atoms with Gasteiger partial charge < -0.3 is 0 Å². The molecule has 4 heterocycles. The van der Waals surface area contributed by atoms with Gasteiger partial charge in [-0.25, -0.2) is 13.4 Å². The summed E-state index contributed by atoms with van der Waals surface area (Å²) in [5.74, 6) is -0.354. The van der Waals surface area contributed by atoms with Gasteiger partial charge >= 0.3 is 0 Å². The SMILES string of the molecule is Cc1ccc2sc(N(Cc3ccccn3)C(=O)C3CCN(S(=O)(=O)c4ccc(Cl)s4)CC3)nc2c1C. The summed E-state index contributed by atoms with van der Waals surface area (Å²) in [6, 6.07) is 12.9. The number of amides is 1. The Morgan fingerprint density at radius 1 is 1.11 bits per heavy atom. The number of anilines is 1. The normalized spacial score (nSPS) is 15.4. The van der Waals surface area contributed by atoms with Crippen molar-refractivity contribution in [2.75, 3.05) is 18.0 Å². The van der Waals surface area contributed by atoms with E-state index in [4.69, 9.17) is 16.6 Å². The molecule has 0 radical (unpaired) electrons. The van der Waals surface area contributed by atoms with Gasteiger partial charge in [0.1, 0.15) is 4.21 Å². The Morgan fingerprint density at radius 2 is 1.89 bits per heavy atom. The van der Waals surface area contributed by atoms with E-state index in [2.05, 4.69) is 18.0 Å². The predicted octanol–water partition coefficient (Wildman–Crippen LogP) is 5.66. The Bertz CT molecular complexity index is 1510. The third-order valence-corrected chi connectivity index (χ3v) is 11.2. The molecule has 0 atom stereocenters. The number of halogens is 1. The minimum atomic E-state index is -3.62. The van der Waals surface area contributed by atoms with Crippen LogP contribution in [-0.4, -0.2) is 41.7 Å². The fourth-order valence-corrected chi connectivity index (χ4v) is 8.49. The van der Waals surface area contributed by atoms with Crippen LogP contribution in [0.3, 0.4) is 0 Å². The molecule has 188 valence electrons. The molecule has 0 bridgehead atoms. The first-order valence-electron chi connectivity index (χ1n) is 11.6. The second kappa shape index (κ2) is 10.2. The lowest BCUT2D eigenvalue weighted by molar-refractivity contribution is -0.123. The molecule has 1 amide bonds. The average molecular weight is 561 g/mol. The molecule has 0 unspecified atom stereocenters. The quantitative estimate of drug-likeness (QED) is 0.304. The number of carbonyl (C=O) groups is 1. The predicted molar refractivity (Wildman–Crippen MR) is 145 cm³/mol. The van der Waals surface area contributed by atoms with Crippen LogP contribution < -0.4 is 4.90 Å². The van der Waals surface area contributed by atoms with Crippen molar-refractivity contribution in [3.05, 3.63) is 69.8 Å². The minimum Gasteiger partial charge on any atom is -0.282 e. The zero-order valence-electron chi connectivity index (χ0n) is 19.8. The maximum absolute atomic E-state index is 13.8. The van der Waals surface area contributed by atoms with Crippen molar-refractivity contribution in [3.8, 4) is 0 Å². The van der Waals surface area contributed by atoms with E-state index in [0.29, 0.717) is 28.9 Å². The molecule has 1 saturated heterocycles. The fourth-order valence-electron chi connectivity index (χ4n) is 4.35. The first-order chi connectivity index (χ1) is 17.2. The van der Waals surface area contributed by atoms with Crippen LogP contribution in [0.5, 0.6) is 0 Å². The summed E-state index contributed by atoms with van der Waals surface area (Å²) in [7, 11) is -3.62. The number of rotatable bonds is 6. The number of thiophene rings is 1. The maximum Gasteiger partial charge on any atom is 0.252 e. The van der Waals surface area contributed by atoms with Crippen LogP contribution in [0.1, 0.15) is 29.7 Å². The molecule has 4 aromatic rings. The molecule has 1 aliphatic heterocycles. The summed E-state index contributed by atoms with van der Waals surface area (Å²) in [6.07, 6.45) is 2.60. The van der Waals surface area contributed by atoms with Gasteiger partial charge in [0.05, 0.1) is 26.8 Å². The van der Waals surface area contributed by atoms with Crippen LogP contribution in [-0.2, 0) is 21.4 Å². The largest absolute Gasteiger partial charge is 0.282 e. The Kier molecular flexibility index (Phi) is 7.15. The highest BCUT2D eigenvalue weighted by Gasteiger charge is 2.35. The topological polar surface area (TPSA) is 83.5 Å². The second-order valence-electron chi connectivity index (χ2n) is 8.83. The number of benzene rings is 1. The van der Waals surface area contributed by atoms with Crippen LogP contribution in [0.4, 0.5) is 5.13 Å². The molecule has 1 aliphatic rings. The van der Waals surface area contributed by atoms with Crippen LogP contribution in [0.25, 0.3) is 10.2 Å². The van der Waals surface area contributed by atoms with Crippen molar-refractivity contribution < 1.29 is 13.2 Å². The Hall–Kier alpha value is -2.37. The summed E-state index contributed by atoms with van der Waals surface area (Å²) in [5.41, 5.74) is 3.94. The number of carbonyl (C=O) groups excluding carboxylic acids is 1. The number of sulfonamides is 1. The smallest absolute Gasteiger partial charge is 0.252 e. The maximum atomic E-state index is 13.8. The number of pyridine rings is 1. The summed E-state index contributed by atoms with van der Waals surface area (Å²) >= 11 is 8.50. The third-order valence-electron chi connectivity index (χ3n) is 6.56. The Balaban J connectivity index is 1.40. The van der Waals surface area contributed by atoms with Gasteiger partial charge in [0, 0.05) is 25.2 Å². The average Bonchev–Trinajstić information content (AvgIpc) is 3.52. The number of aromatic nitrogens is 2. The van der Waals surface area contributed by atoms with Crippen molar-refractivity contribution in [3.63, 3.8) is 0 Å². The lowest BCUT2D eigenvalue weighted by Crippen LogP contribution is -2.44. The van der Waals surface area contributed by atoms with E-state index in [0.717, 1.165) is 38.4 Å². The molecule has 0 N–H and O–H groups in total.